The van der Waals surface area contributed by atoms with Crippen LogP contribution in [-0.2, 0) is 6.54 Å². The zero-order valence-electron chi connectivity index (χ0n) is 8.84. The van der Waals surface area contributed by atoms with Crippen molar-refractivity contribution in [2.24, 2.45) is 0 Å². The van der Waals surface area contributed by atoms with Crippen LogP contribution < -0.4 is 5.32 Å². The Balaban J connectivity index is 2.02. The molecule has 2 heterocycles. The van der Waals surface area contributed by atoms with Gasteiger partial charge in [0.15, 0.2) is 0 Å². The van der Waals surface area contributed by atoms with E-state index in [0.717, 1.165) is 17.2 Å². The molecule has 1 N–H and O–H groups in total. The number of hydrogen-bond donors (Lipinski definition) is 1. The van der Waals surface area contributed by atoms with Gasteiger partial charge in [-0.1, -0.05) is 0 Å². The van der Waals surface area contributed by atoms with Gasteiger partial charge in [-0.25, -0.2) is 4.98 Å². The molecule has 0 aliphatic rings. The fraction of sp³-hybridized carbons (Fsp3) is 0.400. The topological polar surface area (TPSA) is 42.7 Å². The van der Waals surface area contributed by atoms with Crippen molar-refractivity contribution in [3.8, 4) is 0 Å². The molecule has 1 unspecified atom stereocenters. The summed E-state index contributed by atoms with van der Waals surface area (Å²) in [5.74, 6) is 0. The van der Waals surface area contributed by atoms with E-state index < -0.39 is 0 Å². The van der Waals surface area contributed by atoms with Crippen LogP contribution in [0.25, 0.3) is 0 Å². The Bertz CT molecular complexity index is 407. The molecule has 80 valence electrons. The monoisotopic (exact) mass is 222 g/mol. The molecule has 0 aromatic carbocycles. The highest BCUT2D eigenvalue weighted by molar-refractivity contribution is 7.09. The molecule has 0 saturated carbocycles. The lowest BCUT2D eigenvalue weighted by molar-refractivity contribution is 0.660. The molecule has 2 aromatic rings. The maximum absolute atomic E-state index is 4.27. The molecule has 0 spiro atoms. The van der Waals surface area contributed by atoms with Crippen molar-refractivity contribution >= 4 is 17.0 Å². The first-order chi connectivity index (χ1) is 7.29. The van der Waals surface area contributed by atoms with Crippen LogP contribution in [0.4, 0.5) is 5.69 Å². The molecule has 2 aromatic heterocycles. The molecule has 0 fully saturated rings. The third-order valence-corrected chi connectivity index (χ3v) is 3.12. The Hall–Kier alpha value is -1.36. The smallest absolute Gasteiger partial charge is 0.115 e. The summed E-state index contributed by atoms with van der Waals surface area (Å²) in [4.78, 5) is 4.27. The first kappa shape index (κ1) is 10.2. The zero-order valence-corrected chi connectivity index (χ0v) is 9.66. The van der Waals surface area contributed by atoms with Gasteiger partial charge in [0.05, 0.1) is 17.9 Å². The van der Waals surface area contributed by atoms with E-state index in [1.54, 1.807) is 11.3 Å². The van der Waals surface area contributed by atoms with E-state index in [4.69, 9.17) is 0 Å². The average Bonchev–Trinajstić information content (AvgIpc) is 2.87. The van der Waals surface area contributed by atoms with Crippen molar-refractivity contribution in [1.29, 1.82) is 0 Å². The Morgan fingerprint density at radius 2 is 2.47 bits per heavy atom. The number of aryl methyl sites for hydroxylation is 1. The van der Waals surface area contributed by atoms with Gasteiger partial charge in [-0.05, 0) is 13.8 Å². The van der Waals surface area contributed by atoms with Crippen LogP contribution in [0.5, 0.6) is 0 Å². The summed E-state index contributed by atoms with van der Waals surface area (Å²) < 4.78 is 1.90. The van der Waals surface area contributed by atoms with Gasteiger partial charge in [-0.3, -0.25) is 4.68 Å². The second-order valence-corrected chi connectivity index (χ2v) is 4.25. The van der Waals surface area contributed by atoms with Gasteiger partial charge in [0.25, 0.3) is 0 Å². The van der Waals surface area contributed by atoms with E-state index in [0.29, 0.717) is 0 Å². The molecule has 0 aliphatic carbocycles. The lowest BCUT2D eigenvalue weighted by atomic mass is 10.3. The Morgan fingerprint density at radius 1 is 1.60 bits per heavy atom. The number of aromatic nitrogens is 3. The summed E-state index contributed by atoms with van der Waals surface area (Å²) in [6.07, 6.45) is 5.67. The summed E-state index contributed by atoms with van der Waals surface area (Å²) in [6, 6.07) is 0.236. The number of thiazole rings is 1. The first-order valence-electron chi connectivity index (χ1n) is 4.98. The van der Waals surface area contributed by atoms with Gasteiger partial charge >= 0.3 is 0 Å². The Labute approximate surface area is 93.0 Å². The minimum atomic E-state index is 0.236. The summed E-state index contributed by atoms with van der Waals surface area (Å²) in [5, 5.41) is 10.7. The molecule has 0 aliphatic heterocycles. The van der Waals surface area contributed by atoms with E-state index in [1.807, 2.05) is 28.7 Å². The summed E-state index contributed by atoms with van der Waals surface area (Å²) in [5.41, 5.74) is 1.04. The van der Waals surface area contributed by atoms with Gasteiger partial charge in [0.2, 0.25) is 0 Å². The second kappa shape index (κ2) is 4.44. The van der Waals surface area contributed by atoms with Gasteiger partial charge in [0.1, 0.15) is 5.01 Å². The minimum Gasteiger partial charge on any atom is -0.374 e. The molecule has 0 saturated heterocycles. The molecule has 0 radical (unpaired) electrons. The van der Waals surface area contributed by atoms with E-state index in [-0.39, 0.29) is 6.04 Å². The highest BCUT2D eigenvalue weighted by Gasteiger charge is 2.08. The molecule has 0 amide bonds. The predicted octanol–water partition coefficient (Wildman–Crippen LogP) is 2.53. The quantitative estimate of drug-likeness (QED) is 0.864. The SMILES string of the molecule is CCn1cc(NC(C)c2nccs2)cn1. The van der Waals surface area contributed by atoms with Crippen molar-refractivity contribution in [3.05, 3.63) is 29.0 Å². The highest BCUT2D eigenvalue weighted by Crippen LogP contribution is 2.20. The lowest BCUT2D eigenvalue weighted by Gasteiger charge is -2.09. The maximum atomic E-state index is 4.27. The molecule has 0 bridgehead atoms. The maximum Gasteiger partial charge on any atom is 0.115 e. The standard InChI is InChI=1S/C10H14N4S/c1-3-14-7-9(6-12-14)13-8(2)10-11-4-5-15-10/h4-8,13H,3H2,1-2H3. The fourth-order valence-corrected chi connectivity index (χ4v) is 2.02. The van der Waals surface area contributed by atoms with Crippen molar-refractivity contribution in [1.82, 2.24) is 14.8 Å². The largest absolute Gasteiger partial charge is 0.374 e. The average molecular weight is 222 g/mol. The van der Waals surface area contributed by atoms with Crippen LogP contribution in [0, 0.1) is 0 Å². The van der Waals surface area contributed by atoms with E-state index in [2.05, 4.69) is 29.2 Å². The van der Waals surface area contributed by atoms with Crippen molar-refractivity contribution < 1.29 is 0 Å². The summed E-state index contributed by atoms with van der Waals surface area (Å²) in [7, 11) is 0. The highest BCUT2D eigenvalue weighted by atomic mass is 32.1. The van der Waals surface area contributed by atoms with Crippen LogP contribution >= 0.6 is 11.3 Å². The van der Waals surface area contributed by atoms with Gasteiger partial charge < -0.3 is 5.32 Å². The van der Waals surface area contributed by atoms with E-state index in [1.165, 1.54) is 0 Å². The lowest BCUT2D eigenvalue weighted by Crippen LogP contribution is -2.05. The number of hydrogen-bond acceptors (Lipinski definition) is 4. The fourth-order valence-electron chi connectivity index (χ4n) is 1.37. The zero-order chi connectivity index (χ0) is 10.7. The first-order valence-corrected chi connectivity index (χ1v) is 5.86. The van der Waals surface area contributed by atoms with E-state index in [9.17, 15) is 0 Å². The van der Waals surface area contributed by atoms with Crippen LogP contribution in [0.2, 0.25) is 0 Å². The number of nitrogens with one attached hydrogen (secondary N) is 1. The molecule has 1 atom stereocenters. The van der Waals surface area contributed by atoms with Crippen molar-refractivity contribution in [2.45, 2.75) is 26.4 Å². The van der Waals surface area contributed by atoms with Crippen LogP contribution in [0.1, 0.15) is 24.9 Å². The number of nitrogens with zero attached hydrogens (tertiary/aromatic N) is 3. The summed E-state index contributed by atoms with van der Waals surface area (Å²) in [6.45, 7) is 5.07. The third-order valence-electron chi connectivity index (χ3n) is 2.16. The van der Waals surface area contributed by atoms with Gasteiger partial charge in [-0.2, -0.15) is 5.10 Å². The normalized spacial score (nSPS) is 12.7. The van der Waals surface area contributed by atoms with Gasteiger partial charge in [-0.15, -0.1) is 11.3 Å². The molecule has 2 rings (SSSR count). The molecular weight excluding hydrogens is 208 g/mol. The Kier molecular flexibility index (Phi) is 3.01. The van der Waals surface area contributed by atoms with Crippen LogP contribution in [0.15, 0.2) is 24.0 Å². The number of anilines is 1. The van der Waals surface area contributed by atoms with Crippen LogP contribution in [0.3, 0.4) is 0 Å². The van der Waals surface area contributed by atoms with Crippen molar-refractivity contribution in [3.63, 3.8) is 0 Å². The molecule has 5 heteroatoms. The van der Waals surface area contributed by atoms with Gasteiger partial charge in [0, 0.05) is 24.3 Å². The Morgan fingerprint density at radius 3 is 3.07 bits per heavy atom. The molecule has 4 nitrogen and oxygen atoms in total. The minimum absolute atomic E-state index is 0.236. The van der Waals surface area contributed by atoms with Crippen molar-refractivity contribution in [2.75, 3.05) is 5.32 Å². The number of rotatable bonds is 4. The predicted molar refractivity (Wildman–Crippen MR) is 62.1 cm³/mol. The van der Waals surface area contributed by atoms with E-state index >= 15 is 0 Å². The molecule has 15 heavy (non-hydrogen) atoms. The second-order valence-electron chi connectivity index (χ2n) is 3.32. The molecular formula is C10H14N4S. The third kappa shape index (κ3) is 2.36. The summed E-state index contributed by atoms with van der Waals surface area (Å²) >= 11 is 1.66. The van der Waals surface area contributed by atoms with Crippen LogP contribution in [-0.4, -0.2) is 14.8 Å².